The Kier molecular flexibility index (Phi) is 3.38. The lowest BCUT2D eigenvalue weighted by Crippen LogP contribution is -2.46. The highest BCUT2D eigenvalue weighted by Gasteiger charge is 2.32. The Morgan fingerprint density at radius 3 is 2.95 bits per heavy atom. The maximum absolute atomic E-state index is 12.5. The summed E-state index contributed by atoms with van der Waals surface area (Å²) in [5.41, 5.74) is 1.18. The summed E-state index contributed by atoms with van der Waals surface area (Å²) in [4.78, 5) is 27.3. The largest absolute Gasteiger partial charge is 0.448 e. The van der Waals surface area contributed by atoms with E-state index in [2.05, 4.69) is 23.8 Å². The highest BCUT2D eigenvalue weighted by molar-refractivity contribution is 5.83. The Morgan fingerprint density at radius 2 is 2.25 bits per heavy atom. The zero-order valence-corrected chi connectivity index (χ0v) is 11.6. The monoisotopic (exact) mass is 277 g/mol. The van der Waals surface area contributed by atoms with Gasteiger partial charge in [0, 0.05) is 25.0 Å². The van der Waals surface area contributed by atoms with Gasteiger partial charge in [-0.1, -0.05) is 6.92 Å². The van der Waals surface area contributed by atoms with Crippen LogP contribution in [0.5, 0.6) is 0 Å². The van der Waals surface area contributed by atoms with Crippen molar-refractivity contribution in [3.05, 3.63) is 24.0 Å². The average Bonchev–Trinajstić information content (AvgIpc) is 3.07. The molecule has 3 rings (SSSR count). The van der Waals surface area contributed by atoms with Gasteiger partial charge in [-0.3, -0.25) is 9.69 Å². The van der Waals surface area contributed by atoms with E-state index >= 15 is 0 Å². The van der Waals surface area contributed by atoms with Gasteiger partial charge in [-0.05, 0) is 18.6 Å². The molecule has 0 saturated carbocycles. The number of aromatic nitrogens is 1. The van der Waals surface area contributed by atoms with Crippen LogP contribution in [0.15, 0.2) is 18.3 Å². The second-order valence-corrected chi connectivity index (χ2v) is 5.17. The summed E-state index contributed by atoms with van der Waals surface area (Å²) in [7, 11) is 0. The van der Waals surface area contributed by atoms with Gasteiger partial charge in [0.25, 0.3) is 0 Å². The van der Waals surface area contributed by atoms with E-state index in [1.807, 2.05) is 11.0 Å². The predicted molar refractivity (Wildman–Crippen MR) is 72.1 cm³/mol. The van der Waals surface area contributed by atoms with Crippen molar-refractivity contribution in [2.24, 2.45) is 0 Å². The maximum atomic E-state index is 12.5. The minimum atomic E-state index is -0.383. The third kappa shape index (κ3) is 2.15. The Labute approximate surface area is 117 Å². The molecule has 0 bridgehead atoms. The van der Waals surface area contributed by atoms with Crippen LogP contribution in [0.4, 0.5) is 4.79 Å². The van der Waals surface area contributed by atoms with Crippen molar-refractivity contribution < 1.29 is 14.3 Å². The number of hydrogen-bond acceptors (Lipinski definition) is 3. The summed E-state index contributed by atoms with van der Waals surface area (Å²) in [6.45, 7) is 4.60. The molecule has 1 fully saturated rings. The lowest BCUT2D eigenvalue weighted by molar-refractivity contribution is -0.135. The van der Waals surface area contributed by atoms with Gasteiger partial charge in [-0.25, -0.2) is 4.79 Å². The van der Waals surface area contributed by atoms with Crippen molar-refractivity contribution in [1.82, 2.24) is 14.4 Å². The van der Waals surface area contributed by atoms with Crippen LogP contribution in [0.1, 0.15) is 25.1 Å². The van der Waals surface area contributed by atoms with Crippen LogP contribution in [-0.2, 0) is 16.1 Å². The summed E-state index contributed by atoms with van der Waals surface area (Å²) in [5, 5.41) is 0. The molecule has 0 radical (unpaired) electrons. The molecular weight excluding hydrogens is 258 g/mol. The minimum Gasteiger partial charge on any atom is -0.448 e. The van der Waals surface area contributed by atoms with Gasteiger partial charge in [-0.2, -0.15) is 0 Å². The number of amides is 2. The second kappa shape index (κ2) is 5.19. The smallest absolute Gasteiger partial charge is 0.410 e. The van der Waals surface area contributed by atoms with Crippen molar-refractivity contribution in [3.8, 4) is 0 Å². The van der Waals surface area contributed by atoms with E-state index in [1.165, 1.54) is 10.6 Å². The first kappa shape index (κ1) is 13.0. The molecule has 0 spiro atoms. The van der Waals surface area contributed by atoms with E-state index in [0.717, 1.165) is 13.0 Å². The molecular formula is C14H19N3O3. The molecule has 108 valence electrons. The molecule has 1 aromatic heterocycles. The number of fused-ring (bicyclic) bond motifs is 1. The van der Waals surface area contributed by atoms with Gasteiger partial charge in [-0.15, -0.1) is 0 Å². The molecule has 3 heterocycles. The summed E-state index contributed by atoms with van der Waals surface area (Å²) in [6, 6.07) is 4.19. The highest BCUT2D eigenvalue weighted by atomic mass is 16.6. The quantitative estimate of drug-likeness (QED) is 0.835. The number of carbonyl (C=O) groups is 2. The molecule has 0 aliphatic carbocycles. The molecule has 6 nitrogen and oxygen atoms in total. The van der Waals surface area contributed by atoms with Crippen LogP contribution < -0.4 is 0 Å². The number of rotatable bonds is 3. The molecule has 1 atom stereocenters. The van der Waals surface area contributed by atoms with Crippen LogP contribution in [0.25, 0.3) is 0 Å². The Morgan fingerprint density at radius 1 is 1.40 bits per heavy atom. The third-order valence-electron chi connectivity index (χ3n) is 4.04. The number of nitrogens with zero attached hydrogens (tertiary/aromatic N) is 3. The molecule has 0 N–H and O–H groups in total. The van der Waals surface area contributed by atoms with Crippen molar-refractivity contribution in [1.29, 1.82) is 0 Å². The number of cyclic esters (lactones) is 1. The molecule has 2 aliphatic rings. The van der Waals surface area contributed by atoms with Crippen molar-refractivity contribution in [2.45, 2.75) is 25.9 Å². The van der Waals surface area contributed by atoms with Crippen LogP contribution in [0, 0.1) is 0 Å². The first-order valence-electron chi connectivity index (χ1n) is 7.07. The number of ether oxygens (including phenoxy) is 1. The maximum Gasteiger partial charge on any atom is 0.410 e. The van der Waals surface area contributed by atoms with E-state index < -0.39 is 0 Å². The fourth-order valence-corrected chi connectivity index (χ4v) is 3.02. The van der Waals surface area contributed by atoms with Gasteiger partial charge in [0.1, 0.15) is 13.2 Å². The van der Waals surface area contributed by atoms with Crippen molar-refractivity contribution in [3.63, 3.8) is 0 Å². The number of carbonyl (C=O) groups excluding carboxylic acids is 2. The van der Waals surface area contributed by atoms with Gasteiger partial charge in [0.15, 0.2) is 0 Å². The Bertz CT molecular complexity index is 525. The molecule has 1 saturated heterocycles. The Hall–Kier alpha value is -1.98. The van der Waals surface area contributed by atoms with Crippen LogP contribution >= 0.6 is 0 Å². The van der Waals surface area contributed by atoms with E-state index in [-0.39, 0.29) is 24.6 Å². The van der Waals surface area contributed by atoms with E-state index in [9.17, 15) is 9.59 Å². The summed E-state index contributed by atoms with van der Waals surface area (Å²) >= 11 is 0. The lowest BCUT2D eigenvalue weighted by Gasteiger charge is -2.37. The average molecular weight is 277 g/mol. The van der Waals surface area contributed by atoms with Gasteiger partial charge < -0.3 is 14.2 Å². The van der Waals surface area contributed by atoms with Crippen LogP contribution in [0.3, 0.4) is 0 Å². The van der Waals surface area contributed by atoms with Crippen molar-refractivity contribution >= 4 is 12.0 Å². The van der Waals surface area contributed by atoms with Crippen molar-refractivity contribution in [2.75, 3.05) is 26.2 Å². The highest BCUT2D eigenvalue weighted by Crippen LogP contribution is 2.28. The molecule has 0 aromatic carbocycles. The van der Waals surface area contributed by atoms with E-state index in [4.69, 9.17) is 4.74 Å². The molecule has 2 aliphatic heterocycles. The first-order valence-corrected chi connectivity index (χ1v) is 7.07. The first-order chi connectivity index (χ1) is 9.70. The normalized spacial score (nSPS) is 21.9. The molecule has 2 amide bonds. The van der Waals surface area contributed by atoms with Gasteiger partial charge in [0.2, 0.25) is 5.91 Å². The number of hydrogen-bond donors (Lipinski definition) is 0. The Balaban J connectivity index is 1.73. The van der Waals surface area contributed by atoms with Gasteiger partial charge in [0.05, 0.1) is 12.6 Å². The molecule has 6 heteroatoms. The zero-order chi connectivity index (χ0) is 14.1. The standard InChI is InChI=1S/C14H19N3O3/c1-2-11-12-4-3-5-15(12)6-7-17(11)13(18)10-16-8-9-20-14(16)19/h3-5,11H,2,6-10H2,1H3/t11-/m0/s1. The topological polar surface area (TPSA) is 54.8 Å². The van der Waals surface area contributed by atoms with Gasteiger partial charge >= 0.3 is 6.09 Å². The predicted octanol–water partition coefficient (Wildman–Crippen LogP) is 1.23. The minimum absolute atomic E-state index is 0.00292. The molecule has 20 heavy (non-hydrogen) atoms. The zero-order valence-electron chi connectivity index (χ0n) is 11.6. The SMILES string of the molecule is CC[C@H]1c2cccn2CCN1C(=O)CN1CCOC1=O. The van der Waals surface area contributed by atoms with Crippen LogP contribution in [-0.4, -0.2) is 52.6 Å². The fourth-order valence-electron chi connectivity index (χ4n) is 3.02. The third-order valence-corrected chi connectivity index (χ3v) is 4.04. The fraction of sp³-hybridized carbons (Fsp3) is 0.571. The van der Waals surface area contributed by atoms with Crippen LogP contribution in [0.2, 0.25) is 0 Å². The van der Waals surface area contributed by atoms with E-state index in [1.54, 1.807) is 0 Å². The summed E-state index contributed by atoms with van der Waals surface area (Å²) in [6.07, 6.45) is 2.55. The van der Waals surface area contributed by atoms with E-state index in [0.29, 0.717) is 19.7 Å². The summed E-state index contributed by atoms with van der Waals surface area (Å²) in [5.74, 6) is 0.00292. The summed E-state index contributed by atoms with van der Waals surface area (Å²) < 4.78 is 7.06. The molecule has 0 unspecified atom stereocenters. The second-order valence-electron chi connectivity index (χ2n) is 5.17. The lowest BCUT2D eigenvalue weighted by atomic mass is 10.1. The molecule has 1 aromatic rings.